The first-order chi connectivity index (χ1) is 13.0. The van der Waals surface area contributed by atoms with E-state index in [1.165, 1.54) is 12.1 Å². The summed E-state index contributed by atoms with van der Waals surface area (Å²) in [6.45, 7) is 4.31. The van der Waals surface area contributed by atoms with E-state index in [1.807, 2.05) is 19.9 Å². The molecule has 0 aliphatic carbocycles. The first-order valence-corrected chi connectivity index (χ1v) is 8.02. The Balaban J connectivity index is 0.000000659. The number of benzene rings is 1. The van der Waals surface area contributed by atoms with Gasteiger partial charge in [0.15, 0.2) is 11.2 Å². The molecule has 0 spiro atoms. The third-order valence-electron chi connectivity index (χ3n) is 4.10. The molecule has 0 unspecified atom stereocenters. The molecule has 1 aromatic carbocycles. The Bertz CT molecular complexity index is 1220. The Morgan fingerprint density at radius 2 is 1.78 bits per heavy atom. The monoisotopic (exact) mass is 367 g/mol. The summed E-state index contributed by atoms with van der Waals surface area (Å²) in [7, 11) is 0. The van der Waals surface area contributed by atoms with Gasteiger partial charge in [0.05, 0.1) is 11.3 Å². The maximum atomic E-state index is 13.2. The number of pyridine rings is 1. The molecule has 0 radical (unpaired) electrons. The second-order valence-corrected chi connectivity index (χ2v) is 5.63. The minimum Gasteiger partial charge on any atom is -0.314 e. The zero-order valence-electron chi connectivity index (χ0n) is 14.5. The summed E-state index contributed by atoms with van der Waals surface area (Å²) in [6, 6.07) is 7.96. The predicted molar refractivity (Wildman–Crippen MR) is 93.4 cm³/mol. The zero-order chi connectivity index (χ0) is 19.6. The van der Waals surface area contributed by atoms with Crippen LogP contribution in [0.15, 0.2) is 41.3 Å². The summed E-state index contributed by atoms with van der Waals surface area (Å²) >= 11 is 0. The molecule has 0 saturated carbocycles. The van der Waals surface area contributed by atoms with Crippen molar-refractivity contribution in [2.75, 3.05) is 0 Å². The summed E-state index contributed by atoms with van der Waals surface area (Å²) in [5.41, 5.74) is 3.55. The van der Waals surface area contributed by atoms with Crippen LogP contribution in [0.25, 0.3) is 27.8 Å². The standard InChI is InChI=1S/C17H14FN5O.CO2/c1-3-22-9-8-13-15(17(22)24)19-20-16-14(10(2)21-23(13)16)11-4-6-12(18)7-5-11;2-1-3/h4-9H,3H2,1-2H3;. The van der Waals surface area contributed by atoms with E-state index in [4.69, 9.17) is 9.59 Å². The van der Waals surface area contributed by atoms with Crippen molar-refractivity contribution < 1.29 is 14.0 Å². The number of hydrogen-bond acceptors (Lipinski definition) is 6. The van der Waals surface area contributed by atoms with Crippen molar-refractivity contribution in [1.29, 1.82) is 0 Å². The molecule has 9 heteroatoms. The van der Waals surface area contributed by atoms with Gasteiger partial charge >= 0.3 is 6.15 Å². The number of hydrogen-bond donors (Lipinski definition) is 0. The maximum Gasteiger partial charge on any atom is 0.373 e. The molecule has 8 nitrogen and oxygen atoms in total. The summed E-state index contributed by atoms with van der Waals surface area (Å²) < 4.78 is 16.4. The van der Waals surface area contributed by atoms with E-state index >= 15 is 0 Å². The Morgan fingerprint density at radius 3 is 2.41 bits per heavy atom. The number of fused-ring (bicyclic) bond motifs is 3. The molecule has 4 rings (SSSR count). The second-order valence-electron chi connectivity index (χ2n) is 5.63. The van der Waals surface area contributed by atoms with Gasteiger partial charge in [-0.1, -0.05) is 12.1 Å². The highest BCUT2D eigenvalue weighted by Gasteiger charge is 2.17. The lowest BCUT2D eigenvalue weighted by Crippen LogP contribution is -2.20. The van der Waals surface area contributed by atoms with Crippen LogP contribution in [0.2, 0.25) is 0 Å². The fourth-order valence-corrected chi connectivity index (χ4v) is 2.89. The smallest absolute Gasteiger partial charge is 0.314 e. The van der Waals surface area contributed by atoms with Gasteiger partial charge in [-0.05, 0) is 37.6 Å². The Morgan fingerprint density at radius 1 is 1.11 bits per heavy atom. The lowest BCUT2D eigenvalue weighted by Gasteiger charge is -2.04. The first-order valence-electron chi connectivity index (χ1n) is 8.02. The molecule has 0 aliphatic heterocycles. The summed E-state index contributed by atoms with van der Waals surface area (Å²) in [5.74, 6) is -0.301. The average Bonchev–Trinajstić information content (AvgIpc) is 3.00. The molecule has 0 bridgehead atoms. The minimum atomic E-state index is -0.301. The molecule has 0 saturated heterocycles. The highest BCUT2D eigenvalue weighted by molar-refractivity contribution is 5.84. The van der Waals surface area contributed by atoms with Crippen LogP contribution in [0, 0.1) is 12.7 Å². The molecule has 0 fully saturated rings. The predicted octanol–water partition coefficient (Wildman–Crippen LogP) is 1.99. The van der Waals surface area contributed by atoms with Gasteiger partial charge in [0, 0.05) is 12.7 Å². The Labute approximate surface area is 151 Å². The third kappa shape index (κ3) is 3.11. The van der Waals surface area contributed by atoms with Crippen molar-refractivity contribution in [2.45, 2.75) is 20.4 Å². The number of nitrogens with zero attached hydrogens (tertiary/aromatic N) is 5. The van der Waals surface area contributed by atoms with Gasteiger partial charge in [-0.15, -0.1) is 10.2 Å². The van der Waals surface area contributed by atoms with E-state index in [-0.39, 0.29) is 23.0 Å². The van der Waals surface area contributed by atoms with Crippen molar-refractivity contribution in [3.63, 3.8) is 0 Å². The molecule has 0 atom stereocenters. The molecule has 27 heavy (non-hydrogen) atoms. The van der Waals surface area contributed by atoms with E-state index in [0.717, 1.165) is 16.8 Å². The van der Waals surface area contributed by atoms with Gasteiger partial charge < -0.3 is 4.57 Å². The van der Waals surface area contributed by atoms with Crippen LogP contribution in [0.3, 0.4) is 0 Å². The topological polar surface area (TPSA) is 99.2 Å². The fraction of sp³-hybridized carbons (Fsp3) is 0.167. The third-order valence-corrected chi connectivity index (χ3v) is 4.10. The molecule has 3 aromatic heterocycles. The van der Waals surface area contributed by atoms with E-state index in [0.29, 0.717) is 17.7 Å². The second kappa shape index (κ2) is 7.27. The fourth-order valence-electron chi connectivity index (χ4n) is 2.89. The van der Waals surface area contributed by atoms with Crippen LogP contribution in [0.4, 0.5) is 4.39 Å². The molecule has 3 heterocycles. The van der Waals surface area contributed by atoms with Gasteiger partial charge in [-0.3, -0.25) is 4.79 Å². The molecule has 4 aromatic rings. The SMILES string of the molecule is CCn1ccc2c(nnc3c(-c4ccc(F)cc4)c(C)nn32)c1=O.O=C=O. The van der Waals surface area contributed by atoms with Crippen LogP contribution in [0.1, 0.15) is 12.6 Å². The quantitative estimate of drug-likeness (QED) is 0.537. The highest BCUT2D eigenvalue weighted by atomic mass is 19.1. The lowest BCUT2D eigenvalue weighted by molar-refractivity contribution is -0.191. The van der Waals surface area contributed by atoms with E-state index < -0.39 is 0 Å². The Kier molecular flexibility index (Phi) is 4.87. The van der Waals surface area contributed by atoms with Crippen LogP contribution < -0.4 is 5.56 Å². The molecule has 0 aliphatic rings. The summed E-state index contributed by atoms with van der Waals surface area (Å²) in [5, 5.41) is 12.8. The molecular formula is C18H14FN5O3. The first kappa shape index (κ1) is 18.1. The van der Waals surface area contributed by atoms with Gasteiger partial charge in [0.2, 0.25) is 0 Å². The van der Waals surface area contributed by atoms with Crippen LogP contribution >= 0.6 is 0 Å². The number of halogens is 1. The number of aryl methyl sites for hydroxylation is 2. The maximum absolute atomic E-state index is 13.2. The van der Waals surface area contributed by atoms with Gasteiger partial charge in [0.25, 0.3) is 5.56 Å². The Hall–Kier alpha value is -3.71. The van der Waals surface area contributed by atoms with Gasteiger partial charge in [-0.25, -0.2) is 8.91 Å². The van der Waals surface area contributed by atoms with Gasteiger partial charge in [-0.2, -0.15) is 14.7 Å². The molecule has 136 valence electrons. The largest absolute Gasteiger partial charge is 0.373 e. The average molecular weight is 367 g/mol. The number of aromatic nitrogens is 5. The number of carbonyl (C=O) groups excluding carboxylic acids is 2. The van der Waals surface area contributed by atoms with Crippen molar-refractivity contribution in [2.24, 2.45) is 0 Å². The van der Waals surface area contributed by atoms with Crippen molar-refractivity contribution in [1.82, 2.24) is 24.4 Å². The minimum absolute atomic E-state index is 0.194. The van der Waals surface area contributed by atoms with Crippen molar-refractivity contribution >= 4 is 22.8 Å². The summed E-state index contributed by atoms with van der Waals surface area (Å²) in [4.78, 5) is 28.6. The zero-order valence-corrected chi connectivity index (χ0v) is 14.5. The van der Waals surface area contributed by atoms with E-state index in [1.54, 1.807) is 27.4 Å². The summed E-state index contributed by atoms with van der Waals surface area (Å²) in [6.07, 6.45) is 1.97. The number of rotatable bonds is 2. The molecule has 0 N–H and O–H groups in total. The lowest BCUT2D eigenvalue weighted by atomic mass is 10.1. The van der Waals surface area contributed by atoms with Crippen molar-refractivity contribution in [3.05, 3.63) is 58.4 Å². The van der Waals surface area contributed by atoms with E-state index in [2.05, 4.69) is 15.3 Å². The van der Waals surface area contributed by atoms with E-state index in [9.17, 15) is 9.18 Å². The van der Waals surface area contributed by atoms with Crippen molar-refractivity contribution in [3.8, 4) is 11.1 Å². The van der Waals surface area contributed by atoms with Gasteiger partial charge in [0.1, 0.15) is 11.3 Å². The molecule has 0 amide bonds. The van der Waals surface area contributed by atoms with Crippen LogP contribution in [-0.4, -0.2) is 30.5 Å². The van der Waals surface area contributed by atoms with Crippen LogP contribution in [0.5, 0.6) is 0 Å². The van der Waals surface area contributed by atoms with Crippen LogP contribution in [-0.2, 0) is 16.1 Å². The molecular weight excluding hydrogens is 353 g/mol. The normalized spacial score (nSPS) is 10.5. The highest BCUT2D eigenvalue weighted by Crippen LogP contribution is 2.28.